The Hall–Kier alpha value is -1.58. The second-order valence-corrected chi connectivity index (χ2v) is 11.1. The van der Waals surface area contributed by atoms with Gasteiger partial charge in [-0.25, -0.2) is 0 Å². The molecule has 0 amide bonds. The smallest absolute Gasteiger partial charge is 0.302 e. The molecule has 0 N–H and O–H groups in total. The van der Waals surface area contributed by atoms with E-state index >= 15 is 0 Å². The molecule has 4 fully saturated rings. The number of likely N-dealkylation sites (tertiary alicyclic amines) is 1. The summed E-state index contributed by atoms with van der Waals surface area (Å²) < 4.78 is 5.56. The fraction of sp³-hybridized carbons (Fsp3) is 0.769. The number of hydrogen-bond donors (Lipinski definition) is 0. The topological polar surface area (TPSA) is 46.6 Å². The van der Waals surface area contributed by atoms with Gasteiger partial charge in [-0.15, -0.1) is 0 Å². The van der Waals surface area contributed by atoms with E-state index in [1.807, 2.05) is 0 Å². The predicted octanol–water partition coefficient (Wildman–Crippen LogP) is 5.04. The lowest BCUT2D eigenvalue weighted by atomic mass is 9.48. The first kappa shape index (κ1) is 20.3. The molecule has 0 aromatic heterocycles. The van der Waals surface area contributed by atoms with Gasteiger partial charge < -0.3 is 9.64 Å². The first-order valence-corrected chi connectivity index (χ1v) is 12.2. The highest BCUT2D eigenvalue weighted by Gasteiger charge is 2.60. The minimum Gasteiger partial charge on any atom is -0.462 e. The van der Waals surface area contributed by atoms with E-state index in [9.17, 15) is 9.59 Å². The first-order chi connectivity index (χ1) is 14.3. The summed E-state index contributed by atoms with van der Waals surface area (Å²) >= 11 is 0. The molecular formula is C26H37NO3. The molecule has 0 bridgehead atoms. The highest BCUT2D eigenvalue weighted by atomic mass is 16.5. The normalized spacial score (nSPS) is 44.4. The van der Waals surface area contributed by atoms with Crippen LogP contribution in [0.3, 0.4) is 0 Å². The SMILES string of the molecule is CC(=O)O[C@H]1CC[C@@]2(C)C(=CC[C@@H]3[C@@H]2CC[C@]2(C)C(=O)/C(=C/N4CCCC4)C[C@@H]32)C1. The van der Waals surface area contributed by atoms with E-state index < -0.39 is 0 Å². The highest BCUT2D eigenvalue weighted by Crippen LogP contribution is 2.64. The average Bonchev–Trinajstić information content (AvgIpc) is 3.29. The van der Waals surface area contributed by atoms with Gasteiger partial charge in [0.1, 0.15) is 6.10 Å². The Morgan fingerprint density at radius 3 is 2.57 bits per heavy atom. The minimum atomic E-state index is -0.163. The predicted molar refractivity (Wildman–Crippen MR) is 117 cm³/mol. The van der Waals surface area contributed by atoms with Gasteiger partial charge in [0, 0.05) is 43.6 Å². The molecule has 6 atom stereocenters. The van der Waals surface area contributed by atoms with Gasteiger partial charge in [0.05, 0.1) is 0 Å². The van der Waals surface area contributed by atoms with Gasteiger partial charge in [0.25, 0.3) is 0 Å². The van der Waals surface area contributed by atoms with Crippen LogP contribution in [0, 0.1) is 28.6 Å². The lowest BCUT2D eigenvalue weighted by Gasteiger charge is -2.56. The van der Waals surface area contributed by atoms with Crippen LogP contribution in [0.2, 0.25) is 0 Å². The van der Waals surface area contributed by atoms with Crippen LogP contribution >= 0.6 is 0 Å². The van der Waals surface area contributed by atoms with Gasteiger partial charge in [-0.2, -0.15) is 0 Å². The molecular weight excluding hydrogens is 374 g/mol. The van der Waals surface area contributed by atoms with Crippen molar-refractivity contribution in [3.8, 4) is 0 Å². The number of hydrogen-bond acceptors (Lipinski definition) is 4. The van der Waals surface area contributed by atoms with Crippen LogP contribution in [0.1, 0.15) is 78.6 Å². The van der Waals surface area contributed by atoms with Crippen LogP contribution in [0.15, 0.2) is 23.4 Å². The standard InChI is InChI=1S/C26H37NO3/c1-17(28)30-20-8-10-25(2)19(15-20)6-7-21-22(25)9-11-26(3)23(21)14-18(24(26)29)16-27-12-4-5-13-27/h6,16,20-23H,4-5,7-15H2,1-3H3/b18-16+/t20-,21+,22-,23-,25-,26-/m0/s1. The Morgan fingerprint density at radius 1 is 1.10 bits per heavy atom. The zero-order valence-electron chi connectivity index (χ0n) is 18.9. The van der Waals surface area contributed by atoms with Crippen LogP contribution in [0.4, 0.5) is 0 Å². The van der Waals surface area contributed by atoms with E-state index in [1.165, 1.54) is 25.3 Å². The number of ether oxygens (including phenoxy) is 1. The Kier molecular flexibility index (Phi) is 4.91. The quantitative estimate of drug-likeness (QED) is 0.363. The van der Waals surface area contributed by atoms with Gasteiger partial charge in [0.2, 0.25) is 0 Å². The van der Waals surface area contributed by atoms with Crippen molar-refractivity contribution < 1.29 is 14.3 Å². The maximum absolute atomic E-state index is 13.5. The highest BCUT2D eigenvalue weighted by molar-refractivity contribution is 6.02. The summed E-state index contributed by atoms with van der Waals surface area (Å²) in [5.41, 5.74) is 2.67. The van der Waals surface area contributed by atoms with E-state index in [0.29, 0.717) is 23.5 Å². The molecule has 4 nitrogen and oxygen atoms in total. The number of carbonyl (C=O) groups excluding carboxylic acids is 2. The first-order valence-electron chi connectivity index (χ1n) is 12.2. The number of Topliss-reactive ketones (excluding diaryl/α,β-unsaturated/α-hetero) is 1. The summed E-state index contributed by atoms with van der Waals surface area (Å²) in [5, 5.41) is 0. The zero-order valence-corrected chi connectivity index (χ0v) is 18.9. The van der Waals surface area contributed by atoms with Gasteiger partial charge in [0.15, 0.2) is 5.78 Å². The average molecular weight is 412 g/mol. The Bertz CT molecular complexity index is 807. The number of ketones is 1. The number of nitrogens with zero attached hydrogens (tertiary/aromatic N) is 1. The second-order valence-electron chi connectivity index (χ2n) is 11.1. The molecule has 0 radical (unpaired) electrons. The van der Waals surface area contributed by atoms with Crippen LogP contribution in [0.25, 0.3) is 0 Å². The number of carbonyl (C=O) groups is 2. The molecule has 0 spiro atoms. The van der Waals surface area contributed by atoms with E-state index in [-0.39, 0.29) is 22.9 Å². The Balaban J connectivity index is 1.40. The Labute approximate surface area is 181 Å². The van der Waals surface area contributed by atoms with Crippen molar-refractivity contribution >= 4 is 11.8 Å². The van der Waals surface area contributed by atoms with E-state index in [0.717, 1.165) is 63.6 Å². The molecule has 4 heteroatoms. The molecule has 1 aliphatic heterocycles. The molecule has 30 heavy (non-hydrogen) atoms. The lowest BCUT2D eigenvalue weighted by molar-refractivity contribution is -0.148. The molecule has 5 rings (SSSR count). The van der Waals surface area contributed by atoms with Crippen molar-refractivity contribution in [1.82, 2.24) is 4.90 Å². The number of allylic oxidation sites excluding steroid dienone is 2. The third-order valence-corrected chi connectivity index (χ3v) is 9.51. The summed E-state index contributed by atoms with van der Waals surface area (Å²) in [7, 11) is 0. The second kappa shape index (κ2) is 7.24. The van der Waals surface area contributed by atoms with Crippen molar-refractivity contribution in [1.29, 1.82) is 0 Å². The molecule has 164 valence electrons. The van der Waals surface area contributed by atoms with Gasteiger partial charge in [-0.3, -0.25) is 9.59 Å². The van der Waals surface area contributed by atoms with Crippen LogP contribution in [0.5, 0.6) is 0 Å². The summed E-state index contributed by atoms with van der Waals surface area (Å²) in [6.07, 6.45) is 14.5. The summed E-state index contributed by atoms with van der Waals surface area (Å²) in [6.45, 7) is 8.46. The molecule has 4 aliphatic carbocycles. The molecule has 3 saturated carbocycles. The largest absolute Gasteiger partial charge is 0.462 e. The maximum atomic E-state index is 13.5. The van der Waals surface area contributed by atoms with Crippen molar-refractivity contribution in [2.75, 3.05) is 13.1 Å². The van der Waals surface area contributed by atoms with E-state index in [2.05, 4.69) is 31.0 Å². The maximum Gasteiger partial charge on any atom is 0.302 e. The molecule has 1 saturated heterocycles. The number of rotatable bonds is 2. The minimum absolute atomic E-state index is 0.0512. The van der Waals surface area contributed by atoms with Crippen LogP contribution in [-0.4, -0.2) is 35.8 Å². The van der Waals surface area contributed by atoms with E-state index in [1.54, 1.807) is 0 Å². The zero-order chi connectivity index (χ0) is 21.1. The summed E-state index contributed by atoms with van der Waals surface area (Å²) in [5.74, 6) is 2.03. The third-order valence-electron chi connectivity index (χ3n) is 9.51. The van der Waals surface area contributed by atoms with E-state index in [4.69, 9.17) is 4.74 Å². The number of esters is 1. The number of fused-ring (bicyclic) bond motifs is 5. The van der Waals surface area contributed by atoms with Gasteiger partial charge >= 0.3 is 5.97 Å². The molecule has 1 heterocycles. The monoisotopic (exact) mass is 411 g/mol. The molecule has 5 aliphatic rings. The lowest BCUT2D eigenvalue weighted by Crippen LogP contribution is -2.50. The van der Waals surface area contributed by atoms with Crippen molar-refractivity contribution in [3.05, 3.63) is 23.4 Å². The Morgan fingerprint density at radius 2 is 1.83 bits per heavy atom. The van der Waals surface area contributed by atoms with Crippen molar-refractivity contribution in [2.45, 2.75) is 84.7 Å². The molecule has 0 aromatic carbocycles. The fourth-order valence-corrected chi connectivity index (χ4v) is 7.84. The molecule has 0 aromatic rings. The van der Waals surface area contributed by atoms with Crippen molar-refractivity contribution in [3.63, 3.8) is 0 Å². The van der Waals surface area contributed by atoms with Crippen molar-refractivity contribution in [2.24, 2.45) is 28.6 Å². The van der Waals surface area contributed by atoms with Gasteiger partial charge in [-0.1, -0.05) is 25.5 Å². The summed E-state index contributed by atoms with van der Waals surface area (Å²) in [6, 6.07) is 0. The van der Waals surface area contributed by atoms with Crippen LogP contribution in [-0.2, 0) is 14.3 Å². The summed E-state index contributed by atoms with van der Waals surface area (Å²) in [4.78, 5) is 27.3. The van der Waals surface area contributed by atoms with Gasteiger partial charge in [-0.05, 0) is 74.5 Å². The molecule has 0 unspecified atom stereocenters. The third kappa shape index (κ3) is 3.08. The van der Waals surface area contributed by atoms with Crippen LogP contribution < -0.4 is 0 Å². The fourth-order valence-electron chi connectivity index (χ4n) is 7.84.